The van der Waals surface area contributed by atoms with E-state index in [1.165, 1.54) is 5.32 Å². The fourth-order valence-electron chi connectivity index (χ4n) is 2.32. The number of amides is 1. The molecule has 0 unspecified atom stereocenters. The highest BCUT2D eigenvalue weighted by molar-refractivity contribution is 5.82. The number of rotatable bonds is 5. The number of aliphatic hydroxyl groups is 1. The number of carbonyl (C=O) groups is 4. The molecule has 1 amide bonds. The van der Waals surface area contributed by atoms with Gasteiger partial charge in [-0.3, -0.25) is 19.2 Å². The van der Waals surface area contributed by atoms with Gasteiger partial charge < -0.3 is 29.4 Å². The molecule has 0 bridgehead atoms. The molecule has 27 heavy (non-hydrogen) atoms. The van der Waals surface area contributed by atoms with Crippen LogP contribution in [0.1, 0.15) is 20.8 Å². The third kappa shape index (κ3) is 6.67. The number of hydrogen-bond donors (Lipinski definition) is 2. The first-order valence-electron chi connectivity index (χ1n) is 7.52. The fraction of sp³-hybridized carbons (Fsp3) is 0.714. The minimum absolute atomic E-state index is 0.616. The number of nitrogens with one attached hydrogen (secondary N) is 1. The molecule has 154 valence electrons. The molecule has 13 heteroatoms. The molecule has 1 rings (SSSR count). The van der Waals surface area contributed by atoms with E-state index in [2.05, 4.69) is 4.74 Å². The van der Waals surface area contributed by atoms with Gasteiger partial charge in [-0.05, 0) is 0 Å². The van der Waals surface area contributed by atoms with E-state index in [-0.39, 0.29) is 0 Å². The summed E-state index contributed by atoms with van der Waals surface area (Å²) >= 11 is 0. The maximum Gasteiger partial charge on any atom is 0.471 e. The summed E-state index contributed by atoms with van der Waals surface area (Å²) in [5.74, 6) is -5.19. The van der Waals surface area contributed by atoms with Crippen molar-refractivity contribution in [1.82, 2.24) is 5.32 Å². The van der Waals surface area contributed by atoms with Gasteiger partial charge in [0.15, 0.2) is 18.5 Å². The zero-order valence-corrected chi connectivity index (χ0v) is 14.4. The Morgan fingerprint density at radius 1 is 1.00 bits per heavy atom. The largest absolute Gasteiger partial charge is 0.471 e. The maximum absolute atomic E-state index is 12.6. The van der Waals surface area contributed by atoms with E-state index in [4.69, 9.17) is 14.2 Å². The highest BCUT2D eigenvalue weighted by atomic mass is 19.4. The van der Waals surface area contributed by atoms with Crippen molar-refractivity contribution in [3.8, 4) is 0 Å². The maximum atomic E-state index is 12.6. The molecule has 1 saturated heterocycles. The van der Waals surface area contributed by atoms with Crippen molar-refractivity contribution in [3.63, 3.8) is 0 Å². The third-order valence-electron chi connectivity index (χ3n) is 3.28. The molecule has 1 fully saturated rings. The lowest BCUT2D eigenvalue weighted by Crippen LogP contribution is -2.67. The number of ether oxygens (including phenoxy) is 4. The molecule has 1 aliphatic rings. The smallest absolute Gasteiger partial charge is 0.463 e. The van der Waals surface area contributed by atoms with Crippen LogP contribution in [0.3, 0.4) is 0 Å². The summed E-state index contributed by atoms with van der Waals surface area (Å²) in [4.78, 5) is 44.9. The summed E-state index contributed by atoms with van der Waals surface area (Å²) in [6, 6.07) is -1.84. The summed E-state index contributed by atoms with van der Waals surface area (Å²) in [6.07, 6.45) is -12.2. The highest BCUT2D eigenvalue weighted by Gasteiger charge is 2.52. The standard InChI is InChI=1S/C14H18F3NO9/c1-5(19)24-4-8-10(25-6(2)20)9(18-13(23)14(15,16)17)11(12(22)27-8)26-7(3)21/h8-12,22H,4H2,1-3H3,(H,18,23)/t8-,9-,10+,11+,12-/m1/s1. The Morgan fingerprint density at radius 3 is 1.96 bits per heavy atom. The minimum Gasteiger partial charge on any atom is -0.463 e. The van der Waals surface area contributed by atoms with E-state index in [0.717, 1.165) is 20.8 Å². The first kappa shape index (κ1) is 22.6. The van der Waals surface area contributed by atoms with E-state index < -0.39 is 67.2 Å². The van der Waals surface area contributed by atoms with Crippen molar-refractivity contribution < 1.29 is 56.4 Å². The van der Waals surface area contributed by atoms with E-state index in [1.54, 1.807) is 0 Å². The van der Waals surface area contributed by atoms with Crippen LogP contribution < -0.4 is 5.32 Å². The van der Waals surface area contributed by atoms with Gasteiger partial charge in [0.2, 0.25) is 0 Å². The molecule has 0 aromatic rings. The average molecular weight is 401 g/mol. The summed E-state index contributed by atoms with van der Waals surface area (Å²) < 4.78 is 57.2. The van der Waals surface area contributed by atoms with E-state index in [9.17, 15) is 37.5 Å². The van der Waals surface area contributed by atoms with Gasteiger partial charge in [0.25, 0.3) is 0 Å². The van der Waals surface area contributed by atoms with Gasteiger partial charge in [0.05, 0.1) is 0 Å². The first-order chi connectivity index (χ1) is 12.3. The van der Waals surface area contributed by atoms with Gasteiger partial charge in [-0.25, -0.2) is 0 Å². The van der Waals surface area contributed by atoms with Crippen LogP contribution in [-0.4, -0.2) is 72.3 Å². The molecule has 1 aliphatic heterocycles. The molecule has 2 N–H and O–H groups in total. The Morgan fingerprint density at radius 2 is 1.52 bits per heavy atom. The predicted molar refractivity (Wildman–Crippen MR) is 76.6 cm³/mol. The molecule has 0 aromatic carbocycles. The number of hydrogen-bond acceptors (Lipinski definition) is 9. The van der Waals surface area contributed by atoms with Crippen molar-refractivity contribution in [2.24, 2.45) is 0 Å². The minimum atomic E-state index is -5.31. The van der Waals surface area contributed by atoms with Gasteiger partial charge in [-0.1, -0.05) is 0 Å². The number of alkyl halides is 3. The quantitative estimate of drug-likeness (QED) is 0.447. The zero-order valence-electron chi connectivity index (χ0n) is 14.4. The number of aliphatic hydroxyl groups excluding tert-OH is 1. The lowest BCUT2D eigenvalue weighted by Gasteiger charge is -2.43. The average Bonchev–Trinajstić information content (AvgIpc) is 2.49. The molecular formula is C14H18F3NO9. The summed E-state index contributed by atoms with van der Waals surface area (Å²) in [5, 5.41) is 11.5. The Labute approximate surface area is 150 Å². The van der Waals surface area contributed by atoms with E-state index in [1.807, 2.05) is 0 Å². The summed E-state index contributed by atoms with van der Waals surface area (Å²) in [6.45, 7) is 2.25. The lowest BCUT2D eigenvalue weighted by molar-refractivity contribution is -0.272. The number of halogens is 3. The van der Waals surface area contributed by atoms with E-state index in [0.29, 0.717) is 0 Å². The molecule has 0 saturated carbocycles. The second kappa shape index (κ2) is 8.99. The normalized spacial score (nSPS) is 28.0. The van der Waals surface area contributed by atoms with Crippen molar-refractivity contribution in [3.05, 3.63) is 0 Å². The van der Waals surface area contributed by atoms with Crippen molar-refractivity contribution in [1.29, 1.82) is 0 Å². The van der Waals surface area contributed by atoms with Gasteiger partial charge in [-0.15, -0.1) is 0 Å². The Bertz CT molecular complexity index is 595. The molecule has 1 heterocycles. The first-order valence-corrected chi connectivity index (χ1v) is 7.52. The zero-order chi connectivity index (χ0) is 20.9. The van der Waals surface area contributed by atoms with Gasteiger partial charge in [-0.2, -0.15) is 13.2 Å². The SMILES string of the molecule is CC(=O)OC[C@H]1O[C@@H](O)[C@@H](OC(C)=O)[C@H](NC(=O)C(F)(F)F)[C@H]1OC(C)=O. The van der Waals surface area contributed by atoms with Gasteiger partial charge in [0, 0.05) is 20.8 Å². The van der Waals surface area contributed by atoms with E-state index >= 15 is 0 Å². The molecule has 0 aromatic heterocycles. The molecule has 0 radical (unpaired) electrons. The van der Waals surface area contributed by atoms with Gasteiger partial charge in [0.1, 0.15) is 18.8 Å². The van der Waals surface area contributed by atoms with Crippen LogP contribution in [0.2, 0.25) is 0 Å². The highest BCUT2D eigenvalue weighted by Crippen LogP contribution is 2.27. The van der Waals surface area contributed by atoms with Crippen molar-refractivity contribution >= 4 is 23.8 Å². The second-order valence-corrected chi connectivity index (χ2v) is 5.51. The van der Waals surface area contributed by atoms with Crippen LogP contribution in [0, 0.1) is 0 Å². The van der Waals surface area contributed by atoms with Crippen LogP contribution >= 0.6 is 0 Å². The molecule has 0 aliphatic carbocycles. The van der Waals surface area contributed by atoms with Gasteiger partial charge >= 0.3 is 30.0 Å². The topological polar surface area (TPSA) is 137 Å². The summed E-state index contributed by atoms with van der Waals surface area (Å²) in [7, 11) is 0. The fourth-order valence-corrected chi connectivity index (χ4v) is 2.32. The Hall–Kier alpha value is -2.41. The van der Waals surface area contributed by atoms with Crippen LogP contribution in [0.4, 0.5) is 13.2 Å². The van der Waals surface area contributed by atoms with Crippen molar-refractivity contribution in [2.45, 2.75) is 57.6 Å². The molecule has 0 spiro atoms. The predicted octanol–water partition coefficient (Wildman–Crippen LogP) is -0.823. The second-order valence-electron chi connectivity index (χ2n) is 5.51. The van der Waals surface area contributed by atoms with Crippen LogP contribution in [0.15, 0.2) is 0 Å². The number of esters is 3. The monoisotopic (exact) mass is 401 g/mol. The third-order valence-corrected chi connectivity index (χ3v) is 3.28. The Kier molecular flexibility index (Phi) is 7.54. The molecular weight excluding hydrogens is 383 g/mol. The lowest BCUT2D eigenvalue weighted by atomic mass is 9.95. The summed E-state index contributed by atoms with van der Waals surface area (Å²) in [5.41, 5.74) is 0. The molecule has 5 atom stereocenters. The number of carbonyl (C=O) groups excluding carboxylic acids is 4. The molecule has 10 nitrogen and oxygen atoms in total. The van der Waals surface area contributed by atoms with Crippen LogP contribution in [-0.2, 0) is 38.1 Å². The van der Waals surface area contributed by atoms with Crippen molar-refractivity contribution in [2.75, 3.05) is 6.61 Å². The Balaban J connectivity index is 3.23. The van der Waals surface area contributed by atoms with Crippen LogP contribution in [0.5, 0.6) is 0 Å². The van der Waals surface area contributed by atoms with Crippen LogP contribution in [0.25, 0.3) is 0 Å².